The Kier molecular flexibility index (Phi) is 4.65. The molecule has 1 aromatic carbocycles. The molecule has 2 rings (SSSR count). The van der Waals surface area contributed by atoms with E-state index in [0.717, 1.165) is 5.56 Å². The Hall–Kier alpha value is -1.55. The number of amides is 1. The van der Waals surface area contributed by atoms with Crippen molar-refractivity contribution in [2.75, 3.05) is 11.5 Å². The van der Waals surface area contributed by atoms with E-state index in [1.165, 1.54) is 0 Å². The van der Waals surface area contributed by atoms with E-state index in [0.29, 0.717) is 36.6 Å². The van der Waals surface area contributed by atoms with E-state index < -0.39 is 6.04 Å². The van der Waals surface area contributed by atoms with Gasteiger partial charge in [0.2, 0.25) is 5.91 Å². The van der Waals surface area contributed by atoms with Gasteiger partial charge in [0.15, 0.2) is 0 Å². The highest BCUT2D eigenvalue weighted by atomic mass is 35.5. The van der Waals surface area contributed by atoms with Gasteiger partial charge in [-0.05, 0) is 44.4 Å². The standard InChI is InChI=1S/C15H18ClNO3/c1-3-20-15(19)13-8-5-9-14(18)17(13)12-7-4-6-11(16)10(12)2/h4,6-7,13H,3,5,8-9H2,1-2H3. The Morgan fingerprint density at radius 2 is 2.25 bits per heavy atom. The Morgan fingerprint density at radius 1 is 1.50 bits per heavy atom. The van der Waals surface area contributed by atoms with Crippen LogP contribution in [0.2, 0.25) is 5.02 Å². The predicted octanol–water partition coefficient (Wildman–Crippen LogP) is 3.10. The summed E-state index contributed by atoms with van der Waals surface area (Å²) in [6.07, 6.45) is 1.77. The van der Waals surface area contributed by atoms with Gasteiger partial charge in [0.05, 0.1) is 6.61 Å². The van der Waals surface area contributed by atoms with Crippen LogP contribution in [-0.4, -0.2) is 24.5 Å². The maximum absolute atomic E-state index is 12.3. The third-order valence-corrected chi connectivity index (χ3v) is 3.92. The summed E-state index contributed by atoms with van der Waals surface area (Å²) in [7, 11) is 0. The Bertz CT molecular complexity index is 530. The van der Waals surface area contributed by atoms with Crippen molar-refractivity contribution in [3.05, 3.63) is 28.8 Å². The Balaban J connectivity index is 2.39. The first-order valence-corrected chi connectivity index (χ1v) is 7.18. The smallest absolute Gasteiger partial charge is 0.329 e. The van der Waals surface area contributed by atoms with E-state index >= 15 is 0 Å². The van der Waals surface area contributed by atoms with E-state index in [1.54, 1.807) is 24.0 Å². The second-order valence-electron chi connectivity index (χ2n) is 4.81. The van der Waals surface area contributed by atoms with Crippen molar-refractivity contribution < 1.29 is 14.3 Å². The van der Waals surface area contributed by atoms with E-state index in [1.807, 2.05) is 13.0 Å². The highest BCUT2D eigenvalue weighted by Gasteiger charge is 2.36. The number of carbonyl (C=O) groups is 2. The third-order valence-electron chi connectivity index (χ3n) is 3.51. The number of ether oxygens (including phenoxy) is 1. The lowest BCUT2D eigenvalue weighted by atomic mass is 9.99. The van der Waals surface area contributed by atoms with Gasteiger partial charge in [-0.3, -0.25) is 9.69 Å². The lowest BCUT2D eigenvalue weighted by molar-refractivity contribution is -0.146. The normalized spacial score (nSPS) is 19.1. The molecule has 4 nitrogen and oxygen atoms in total. The molecular formula is C15H18ClNO3. The third kappa shape index (κ3) is 2.80. The van der Waals surface area contributed by atoms with Crippen molar-refractivity contribution in [3.63, 3.8) is 0 Å². The van der Waals surface area contributed by atoms with Gasteiger partial charge in [-0.25, -0.2) is 4.79 Å². The Labute approximate surface area is 123 Å². The second-order valence-corrected chi connectivity index (χ2v) is 5.21. The number of esters is 1. The number of carbonyl (C=O) groups excluding carboxylic acids is 2. The maximum Gasteiger partial charge on any atom is 0.329 e. The molecule has 0 radical (unpaired) electrons. The van der Waals surface area contributed by atoms with Gasteiger partial charge in [-0.1, -0.05) is 17.7 Å². The van der Waals surface area contributed by atoms with Crippen molar-refractivity contribution in [2.45, 2.75) is 39.2 Å². The molecule has 20 heavy (non-hydrogen) atoms. The van der Waals surface area contributed by atoms with Crippen LogP contribution in [0.4, 0.5) is 5.69 Å². The first kappa shape index (κ1) is 14.9. The molecule has 1 unspecified atom stereocenters. The zero-order valence-corrected chi connectivity index (χ0v) is 12.4. The summed E-state index contributed by atoms with van der Waals surface area (Å²) in [5.74, 6) is -0.403. The molecule has 0 N–H and O–H groups in total. The number of rotatable bonds is 3. The van der Waals surface area contributed by atoms with Gasteiger partial charge in [0, 0.05) is 17.1 Å². The van der Waals surface area contributed by atoms with Crippen LogP contribution >= 0.6 is 11.6 Å². The van der Waals surface area contributed by atoms with Crippen molar-refractivity contribution in [1.29, 1.82) is 0 Å². The molecule has 1 saturated heterocycles. The van der Waals surface area contributed by atoms with Gasteiger partial charge in [0.25, 0.3) is 0 Å². The topological polar surface area (TPSA) is 46.6 Å². The van der Waals surface area contributed by atoms with Crippen molar-refractivity contribution in [1.82, 2.24) is 0 Å². The number of anilines is 1. The van der Waals surface area contributed by atoms with Crippen LogP contribution in [0.3, 0.4) is 0 Å². The molecule has 0 spiro atoms. The Morgan fingerprint density at radius 3 is 2.95 bits per heavy atom. The molecule has 1 aliphatic rings. The van der Waals surface area contributed by atoms with Crippen molar-refractivity contribution in [3.8, 4) is 0 Å². The van der Waals surface area contributed by atoms with Crippen LogP contribution in [0.25, 0.3) is 0 Å². The monoisotopic (exact) mass is 295 g/mol. The van der Waals surface area contributed by atoms with Gasteiger partial charge in [-0.15, -0.1) is 0 Å². The summed E-state index contributed by atoms with van der Waals surface area (Å²) >= 11 is 6.12. The lowest BCUT2D eigenvalue weighted by Crippen LogP contribution is -2.49. The molecule has 0 aromatic heterocycles. The highest BCUT2D eigenvalue weighted by Crippen LogP contribution is 2.32. The largest absolute Gasteiger partial charge is 0.464 e. The molecule has 1 atom stereocenters. The molecule has 0 aliphatic carbocycles. The van der Waals surface area contributed by atoms with E-state index in [4.69, 9.17) is 16.3 Å². The summed E-state index contributed by atoms with van der Waals surface area (Å²) in [5.41, 5.74) is 1.50. The SMILES string of the molecule is CCOC(=O)C1CCCC(=O)N1c1cccc(Cl)c1C. The summed E-state index contributed by atoms with van der Waals surface area (Å²) in [5, 5.41) is 0.587. The van der Waals surface area contributed by atoms with Gasteiger partial charge in [-0.2, -0.15) is 0 Å². The molecule has 0 saturated carbocycles. The van der Waals surface area contributed by atoms with Gasteiger partial charge >= 0.3 is 5.97 Å². The molecule has 1 heterocycles. The number of hydrogen-bond donors (Lipinski definition) is 0. The first-order chi connectivity index (χ1) is 9.56. The predicted molar refractivity (Wildman–Crippen MR) is 77.9 cm³/mol. The average molecular weight is 296 g/mol. The highest BCUT2D eigenvalue weighted by molar-refractivity contribution is 6.31. The van der Waals surface area contributed by atoms with Crippen LogP contribution in [0, 0.1) is 6.92 Å². The molecule has 1 aromatic rings. The zero-order chi connectivity index (χ0) is 14.7. The number of halogens is 1. The first-order valence-electron chi connectivity index (χ1n) is 6.80. The van der Waals surface area contributed by atoms with Crippen LogP contribution < -0.4 is 4.90 Å². The summed E-state index contributed by atoms with van der Waals surface area (Å²) in [6, 6.07) is 4.83. The minimum atomic E-state index is -0.548. The van der Waals surface area contributed by atoms with Crippen molar-refractivity contribution >= 4 is 29.2 Å². The molecule has 1 amide bonds. The summed E-state index contributed by atoms with van der Waals surface area (Å²) in [6.45, 7) is 3.92. The van der Waals surface area contributed by atoms with E-state index in [2.05, 4.69) is 0 Å². The second kappa shape index (κ2) is 6.27. The van der Waals surface area contributed by atoms with Crippen LogP contribution in [0.5, 0.6) is 0 Å². The van der Waals surface area contributed by atoms with E-state index in [9.17, 15) is 9.59 Å². The quantitative estimate of drug-likeness (QED) is 0.805. The fraction of sp³-hybridized carbons (Fsp3) is 0.467. The molecule has 0 bridgehead atoms. The minimum absolute atomic E-state index is 0.0559. The number of nitrogens with zero attached hydrogens (tertiary/aromatic N) is 1. The molecular weight excluding hydrogens is 278 g/mol. The fourth-order valence-electron chi connectivity index (χ4n) is 2.49. The van der Waals surface area contributed by atoms with E-state index in [-0.39, 0.29) is 11.9 Å². The van der Waals surface area contributed by atoms with Crippen LogP contribution in [0.15, 0.2) is 18.2 Å². The number of piperidine rings is 1. The molecule has 108 valence electrons. The molecule has 5 heteroatoms. The molecule has 1 aliphatic heterocycles. The lowest BCUT2D eigenvalue weighted by Gasteiger charge is -2.35. The average Bonchev–Trinajstić information content (AvgIpc) is 2.42. The van der Waals surface area contributed by atoms with Crippen LogP contribution in [-0.2, 0) is 14.3 Å². The number of hydrogen-bond acceptors (Lipinski definition) is 3. The van der Waals surface area contributed by atoms with Gasteiger partial charge < -0.3 is 4.74 Å². The van der Waals surface area contributed by atoms with Gasteiger partial charge in [0.1, 0.15) is 6.04 Å². The molecule has 1 fully saturated rings. The van der Waals surface area contributed by atoms with Crippen molar-refractivity contribution in [2.24, 2.45) is 0 Å². The minimum Gasteiger partial charge on any atom is -0.464 e. The maximum atomic E-state index is 12.3. The summed E-state index contributed by atoms with van der Waals surface area (Å²) in [4.78, 5) is 25.9. The van der Waals surface area contributed by atoms with Crippen LogP contribution in [0.1, 0.15) is 31.7 Å². The summed E-state index contributed by atoms with van der Waals surface area (Å²) < 4.78 is 5.09. The number of benzene rings is 1. The zero-order valence-electron chi connectivity index (χ0n) is 11.7. The fourth-order valence-corrected chi connectivity index (χ4v) is 2.66.